The quantitative estimate of drug-likeness (QED) is 0.502. The fourth-order valence-electron chi connectivity index (χ4n) is 1.53. The van der Waals surface area contributed by atoms with Gasteiger partial charge in [0.25, 0.3) is 5.91 Å². The van der Waals surface area contributed by atoms with Gasteiger partial charge < -0.3 is 5.32 Å². The predicted octanol–water partition coefficient (Wildman–Crippen LogP) is -0.827. The maximum Gasteiger partial charge on any atom is 0.322 e. The van der Waals surface area contributed by atoms with E-state index in [9.17, 15) is 14.4 Å². The standard InChI is InChI=1S/C7H8N2O3/c10-4-1-3(2-4)5-6(11)9-7(12)8-5/h3,5H,1-2H2,(H2,8,9,11,12)/t5-/m0/s1. The van der Waals surface area contributed by atoms with Gasteiger partial charge in [-0.25, -0.2) is 4.79 Å². The van der Waals surface area contributed by atoms with Gasteiger partial charge in [0.15, 0.2) is 0 Å². The molecule has 2 N–H and O–H groups in total. The van der Waals surface area contributed by atoms with Crippen LogP contribution in [0.3, 0.4) is 0 Å². The molecule has 0 aromatic rings. The van der Waals surface area contributed by atoms with Crippen LogP contribution in [-0.4, -0.2) is 23.8 Å². The molecular weight excluding hydrogens is 160 g/mol. The zero-order valence-corrected chi connectivity index (χ0v) is 6.29. The lowest BCUT2D eigenvalue weighted by atomic mass is 9.78. The Morgan fingerprint density at radius 1 is 1.17 bits per heavy atom. The normalized spacial score (nSPS) is 29.7. The summed E-state index contributed by atoms with van der Waals surface area (Å²) < 4.78 is 0. The number of nitrogens with one attached hydrogen (secondary N) is 2. The van der Waals surface area contributed by atoms with Crippen molar-refractivity contribution in [2.45, 2.75) is 18.9 Å². The minimum absolute atomic E-state index is 0.0175. The highest BCUT2D eigenvalue weighted by molar-refractivity contribution is 6.05. The lowest BCUT2D eigenvalue weighted by Gasteiger charge is -2.27. The van der Waals surface area contributed by atoms with E-state index < -0.39 is 12.1 Å². The van der Waals surface area contributed by atoms with Crippen LogP contribution >= 0.6 is 0 Å². The van der Waals surface area contributed by atoms with E-state index in [0.717, 1.165) is 0 Å². The lowest BCUT2D eigenvalue weighted by Crippen LogP contribution is -2.43. The zero-order valence-electron chi connectivity index (χ0n) is 6.29. The van der Waals surface area contributed by atoms with E-state index in [2.05, 4.69) is 10.6 Å². The first-order chi connectivity index (χ1) is 5.66. The van der Waals surface area contributed by atoms with Gasteiger partial charge in [0, 0.05) is 18.8 Å². The summed E-state index contributed by atoms with van der Waals surface area (Å²) in [6.07, 6.45) is 0.830. The summed E-state index contributed by atoms with van der Waals surface area (Å²) in [4.78, 5) is 32.3. The van der Waals surface area contributed by atoms with Crippen molar-refractivity contribution in [2.75, 3.05) is 0 Å². The summed E-state index contributed by atoms with van der Waals surface area (Å²) in [6, 6.07) is -0.931. The molecule has 0 spiro atoms. The van der Waals surface area contributed by atoms with Crippen LogP contribution in [0, 0.1) is 5.92 Å². The molecule has 1 saturated carbocycles. The second-order valence-electron chi connectivity index (χ2n) is 3.15. The molecule has 64 valence electrons. The third-order valence-corrected chi connectivity index (χ3v) is 2.26. The SMILES string of the molecule is O=C1CC([C@@H]2NC(=O)NC2=O)C1. The topological polar surface area (TPSA) is 75.3 Å². The van der Waals surface area contributed by atoms with E-state index in [1.807, 2.05) is 0 Å². The first kappa shape index (κ1) is 7.27. The van der Waals surface area contributed by atoms with E-state index in [1.165, 1.54) is 0 Å². The largest absolute Gasteiger partial charge is 0.326 e. The van der Waals surface area contributed by atoms with Gasteiger partial charge in [0.2, 0.25) is 0 Å². The van der Waals surface area contributed by atoms with Crippen LogP contribution in [0.15, 0.2) is 0 Å². The molecule has 5 heteroatoms. The van der Waals surface area contributed by atoms with Gasteiger partial charge in [-0.1, -0.05) is 0 Å². The van der Waals surface area contributed by atoms with Crippen LogP contribution in [0.5, 0.6) is 0 Å². The van der Waals surface area contributed by atoms with E-state index in [4.69, 9.17) is 0 Å². The molecule has 1 saturated heterocycles. The molecular formula is C7H8N2O3. The Kier molecular flexibility index (Phi) is 1.39. The van der Waals surface area contributed by atoms with E-state index >= 15 is 0 Å². The van der Waals surface area contributed by atoms with Gasteiger partial charge in [-0.15, -0.1) is 0 Å². The van der Waals surface area contributed by atoms with Crippen molar-refractivity contribution >= 4 is 17.7 Å². The van der Waals surface area contributed by atoms with Crippen LogP contribution in [0.1, 0.15) is 12.8 Å². The number of amides is 3. The molecule has 0 unspecified atom stereocenters. The number of Topliss-reactive ketones (excluding diaryl/α,β-unsaturated/α-hetero) is 1. The van der Waals surface area contributed by atoms with Crippen molar-refractivity contribution in [2.24, 2.45) is 5.92 Å². The molecule has 1 aliphatic carbocycles. The first-order valence-electron chi connectivity index (χ1n) is 3.80. The maximum atomic E-state index is 11.0. The number of imide groups is 1. The second-order valence-corrected chi connectivity index (χ2v) is 3.15. The van der Waals surface area contributed by atoms with Crippen molar-refractivity contribution in [1.29, 1.82) is 0 Å². The molecule has 0 bridgehead atoms. The Bertz CT molecular complexity index is 266. The molecule has 0 radical (unpaired) electrons. The number of ketones is 1. The molecule has 1 heterocycles. The number of carbonyl (C=O) groups is 3. The van der Waals surface area contributed by atoms with Crippen LogP contribution in [-0.2, 0) is 9.59 Å². The van der Waals surface area contributed by atoms with Gasteiger partial charge in [0.05, 0.1) is 0 Å². The van der Waals surface area contributed by atoms with Gasteiger partial charge in [0.1, 0.15) is 11.8 Å². The number of urea groups is 1. The summed E-state index contributed by atoms with van der Waals surface area (Å²) in [7, 11) is 0. The summed E-state index contributed by atoms with van der Waals surface area (Å²) in [5.41, 5.74) is 0. The highest BCUT2D eigenvalue weighted by Crippen LogP contribution is 2.27. The van der Waals surface area contributed by atoms with Gasteiger partial charge in [-0.3, -0.25) is 14.9 Å². The summed E-state index contributed by atoms with van der Waals surface area (Å²) in [6.45, 7) is 0. The van der Waals surface area contributed by atoms with E-state index in [0.29, 0.717) is 12.8 Å². The number of hydrogen-bond donors (Lipinski definition) is 2. The number of carbonyl (C=O) groups excluding carboxylic acids is 3. The molecule has 0 aromatic heterocycles. The van der Waals surface area contributed by atoms with Gasteiger partial charge in [-0.05, 0) is 0 Å². The van der Waals surface area contributed by atoms with E-state index in [-0.39, 0.29) is 17.6 Å². The molecule has 0 aromatic carbocycles. The van der Waals surface area contributed by atoms with Crippen molar-refractivity contribution in [3.8, 4) is 0 Å². The molecule has 5 nitrogen and oxygen atoms in total. The van der Waals surface area contributed by atoms with E-state index in [1.54, 1.807) is 0 Å². The summed E-state index contributed by atoms with van der Waals surface area (Å²) >= 11 is 0. The molecule has 1 aliphatic heterocycles. The molecule has 2 rings (SSSR count). The molecule has 1 atom stereocenters. The molecule has 2 aliphatic rings. The zero-order chi connectivity index (χ0) is 8.72. The highest BCUT2D eigenvalue weighted by atomic mass is 16.2. The Morgan fingerprint density at radius 2 is 1.83 bits per heavy atom. The highest BCUT2D eigenvalue weighted by Gasteiger charge is 2.42. The van der Waals surface area contributed by atoms with Crippen molar-refractivity contribution < 1.29 is 14.4 Å². The third-order valence-electron chi connectivity index (χ3n) is 2.26. The van der Waals surface area contributed by atoms with Crippen LogP contribution in [0.2, 0.25) is 0 Å². The molecule has 2 fully saturated rings. The Labute approximate surface area is 68.5 Å². The average molecular weight is 168 g/mol. The smallest absolute Gasteiger partial charge is 0.322 e. The lowest BCUT2D eigenvalue weighted by molar-refractivity contribution is -0.130. The third kappa shape index (κ3) is 0.975. The monoisotopic (exact) mass is 168 g/mol. The first-order valence-corrected chi connectivity index (χ1v) is 3.80. The maximum absolute atomic E-state index is 11.0. The Morgan fingerprint density at radius 3 is 2.25 bits per heavy atom. The minimum Gasteiger partial charge on any atom is -0.326 e. The molecule has 12 heavy (non-hydrogen) atoms. The Balaban J connectivity index is 2.01. The Hall–Kier alpha value is -1.39. The second kappa shape index (κ2) is 2.30. The fourth-order valence-corrected chi connectivity index (χ4v) is 1.53. The van der Waals surface area contributed by atoms with Crippen molar-refractivity contribution in [3.05, 3.63) is 0 Å². The minimum atomic E-state index is -0.477. The van der Waals surface area contributed by atoms with Crippen molar-refractivity contribution in [1.82, 2.24) is 10.6 Å². The van der Waals surface area contributed by atoms with Crippen LogP contribution < -0.4 is 10.6 Å². The molecule has 3 amide bonds. The van der Waals surface area contributed by atoms with Gasteiger partial charge >= 0.3 is 6.03 Å². The summed E-state index contributed by atoms with van der Waals surface area (Å²) in [5.74, 6) is -0.129. The van der Waals surface area contributed by atoms with Crippen LogP contribution in [0.25, 0.3) is 0 Å². The van der Waals surface area contributed by atoms with Crippen molar-refractivity contribution in [3.63, 3.8) is 0 Å². The van der Waals surface area contributed by atoms with Gasteiger partial charge in [-0.2, -0.15) is 0 Å². The van der Waals surface area contributed by atoms with Crippen LogP contribution in [0.4, 0.5) is 4.79 Å². The fraction of sp³-hybridized carbons (Fsp3) is 0.571. The predicted molar refractivity (Wildman–Crippen MR) is 38.2 cm³/mol. The average Bonchev–Trinajstić information content (AvgIpc) is 2.23. The number of hydrogen-bond acceptors (Lipinski definition) is 3. The summed E-state index contributed by atoms with van der Waals surface area (Å²) in [5, 5.41) is 4.60. The number of rotatable bonds is 1.